The Bertz CT molecular complexity index is 276. The Morgan fingerprint density at radius 1 is 0.941 bits per heavy atom. The molecule has 0 radical (unpaired) electrons. The average Bonchev–Trinajstić information content (AvgIpc) is 2.73. The van der Waals surface area contributed by atoms with E-state index in [0.717, 1.165) is 19.4 Å². The highest BCUT2D eigenvalue weighted by Gasteiger charge is 2.06. The van der Waals surface area contributed by atoms with Crippen LogP contribution in [0.2, 0.25) is 0 Å². The van der Waals surface area contributed by atoms with Crippen LogP contribution in [0.5, 0.6) is 0 Å². The summed E-state index contributed by atoms with van der Waals surface area (Å²) in [7, 11) is 0. The number of hydrogen-bond donors (Lipinski definition) is 0. The minimum Gasteiger partial charge on any atom is -0.335 e. The average molecular weight is 236 g/mol. The maximum Gasteiger partial charge on any atom is 0.108 e. The number of aromatic nitrogens is 2. The number of imidazole rings is 1. The monoisotopic (exact) mass is 236 g/mol. The summed E-state index contributed by atoms with van der Waals surface area (Å²) < 4.78 is 2.39. The fourth-order valence-corrected chi connectivity index (χ4v) is 2.05. The van der Waals surface area contributed by atoms with Crippen molar-refractivity contribution in [1.29, 1.82) is 0 Å². The first-order valence-corrected chi connectivity index (χ1v) is 7.36. The topological polar surface area (TPSA) is 17.8 Å². The summed E-state index contributed by atoms with van der Waals surface area (Å²) in [6, 6.07) is 0. The van der Waals surface area contributed by atoms with E-state index in [2.05, 4.69) is 31.5 Å². The third kappa shape index (κ3) is 4.93. The van der Waals surface area contributed by atoms with Crippen LogP contribution in [0.25, 0.3) is 0 Å². The van der Waals surface area contributed by atoms with Crippen molar-refractivity contribution in [2.45, 2.75) is 78.7 Å². The van der Waals surface area contributed by atoms with Gasteiger partial charge in [-0.15, -0.1) is 0 Å². The zero-order valence-corrected chi connectivity index (χ0v) is 11.8. The lowest BCUT2D eigenvalue weighted by Gasteiger charge is -2.05. The highest BCUT2D eigenvalue weighted by atomic mass is 15.1. The number of unbranched alkanes of at least 4 members (excludes halogenated alkanes) is 3. The number of nitrogens with zero attached hydrogens (tertiary/aromatic N) is 2. The molecule has 0 bridgehead atoms. The number of rotatable bonds is 9. The third-order valence-electron chi connectivity index (χ3n) is 3.20. The molecule has 0 aliphatic rings. The van der Waals surface area contributed by atoms with Gasteiger partial charge in [-0.05, 0) is 25.7 Å². The molecule has 17 heavy (non-hydrogen) atoms. The molecule has 0 atom stereocenters. The molecule has 0 aromatic carbocycles. The molecule has 0 N–H and O–H groups in total. The van der Waals surface area contributed by atoms with Crippen LogP contribution in [0.3, 0.4) is 0 Å². The Kier molecular flexibility index (Phi) is 6.99. The molecule has 0 amide bonds. The molecule has 1 heterocycles. The van der Waals surface area contributed by atoms with E-state index in [9.17, 15) is 0 Å². The summed E-state index contributed by atoms with van der Waals surface area (Å²) in [5, 5.41) is 0. The zero-order valence-electron chi connectivity index (χ0n) is 11.8. The molecule has 2 heteroatoms. The molecule has 1 aromatic heterocycles. The van der Waals surface area contributed by atoms with Gasteiger partial charge in [0.25, 0.3) is 0 Å². The predicted octanol–water partition coefficient (Wildman–Crippen LogP) is 4.37. The van der Waals surface area contributed by atoms with Crippen LogP contribution in [0.15, 0.2) is 6.20 Å². The van der Waals surface area contributed by atoms with E-state index in [1.807, 2.05) is 0 Å². The van der Waals surface area contributed by atoms with Gasteiger partial charge in [0.1, 0.15) is 5.82 Å². The zero-order chi connectivity index (χ0) is 12.5. The Hall–Kier alpha value is -0.790. The van der Waals surface area contributed by atoms with Gasteiger partial charge in [0.2, 0.25) is 0 Å². The minimum absolute atomic E-state index is 1.15. The lowest BCUT2D eigenvalue weighted by Crippen LogP contribution is -2.02. The van der Waals surface area contributed by atoms with Gasteiger partial charge in [-0.3, -0.25) is 0 Å². The molecule has 98 valence electrons. The standard InChI is InChI=1S/C15H28N2/c1-4-7-10-14-13-17(12-9-6-3)15(16-14)11-8-5-2/h13H,4-12H2,1-3H3. The molecule has 0 unspecified atom stereocenters. The second-order valence-corrected chi connectivity index (χ2v) is 4.90. The van der Waals surface area contributed by atoms with Crippen LogP contribution >= 0.6 is 0 Å². The fourth-order valence-electron chi connectivity index (χ4n) is 2.05. The summed E-state index contributed by atoms with van der Waals surface area (Å²) in [5.74, 6) is 1.31. The Balaban J connectivity index is 2.64. The van der Waals surface area contributed by atoms with E-state index < -0.39 is 0 Å². The molecule has 0 aliphatic heterocycles. The van der Waals surface area contributed by atoms with Crippen LogP contribution in [0.4, 0.5) is 0 Å². The van der Waals surface area contributed by atoms with Gasteiger partial charge in [0.15, 0.2) is 0 Å². The molecule has 1 rings (SSSR count). The molecule has 0 saturated heterocycles. The van der Waals surface area contributed by atoms with Gasteiger partial charge in [-0.2, -0.15) is 0 Å². The Labute approximate surface area is 106 Å². The van der Waals surface area contributed by atoms with Gasteiger partial charge in [0, 0.05) is 19.2 Å². The summed E-state index contributed by atoms with van der Waals surface area (Å²) in [6.07, 6.45) is 12.1. The van der Waals surface area contributed by atoms with Crippen molar-refractivity contribution in [3.63, 3.8) is 0 Å². The fraction of sp³-hybridized carbons (Fsp3) is 0.800. The van der Waals surface area contributed by atoms with E-state index in [0.29, 0.717) is 0 Å². The smallest absolute Gasteiger partial charge is 0.108 e. The molecule has 0 saturated carbocycles. The van der Waals surface area contributed by atoms with Crippen LogP contribution in [0, 0.1) is 0 Å². The minimum atomic E-state index is 1.15. The molecule has 1 aromatic rings. The second kappa shape index (κ2) is 8.32. The number of hydrogen-bond acceptors (Lipinski definition) is 1. The second-order valence-electron chi connectivity index (χ2n) is 4.90. The van der Waals surface area contributed by atoms with Crippen molar-refractivity contribution in [2.75, 3.05) is 0 Å². The molecule has 0 spiro atoms. The van der Waals surface area contributed by atoms with Crippen molar-refractivity contribution in [3.8, 4) is 0 Å². The quantitative estimate of drug-likeness (QED) is 0.622. The van der Waals surface area contributed by atoms with E-state index in [1.54, 1.807) is 0 Å². The van der Waals surface area contributed by atoms with Crippen LogP contribution in [-0.4, -0.2) is 9.55 Å². The first-order valence-electron chi connectivity index (χ1n) is 7.36. The van der Waals surface area contributed by atoms with Crippen molar-refractivity contribution >= 4 is 0 Å². The summed E-state index contributed by atoms with van der Waals surface area (Å²) in [5.41, 5.74) is 1.30. The van der Waals surface area contributed by atoms with Crippen LogP contribution in [0.1, 0.15) is 70.8 Å². The van der Waals surface area contributed by atoms with Gasteiger partial charge < -0.3 is 4.57 Å². The van der Waals surface area contributed by atoms with Gasteiger partial charge in [0.05, 0.1) is 5.69 Å². The molecular weight excluding hydrogens is 208 g/mol. The van der Waals surface area contributed by atoms with Crippen LogP contribution in [-0.2, 0) is 19.4 Å². The third-order valence-corrected chi connectivity index (χ3v) is 3.20. The van der Waals surface area contributed by atoms with Crippen molar-refractivity contribution in [2.24, 2.45) is 0 Å². The maximum atomic E-state index is 4.80. The van der Waals surface area contributed by atoms with Gasteiger partial charge in [-0.1, -0.05) is 40.0 Å². The van der Waals surface area contributed by atoms with Crippen LogP contribution < -0.4 is 0 Å². The van der Waals surface area contributed by atoms with Crippen molar-refractivity contribution in [1.82, 2.24) is 9.55 Å². The van der Waals surface area contributed by atoms with Crippen molar-refractivity contribution < 1.29 is 0 Å². The SMILES string of the molecule is CCCCc1cn(CCCC)c(CCCC)n1. The Morgan fingerprint density at radius 3 is 2.24 bits per heavy atom. The van der Waals surface area contributed by atoms with E-state index in [1.165, 1.54) is 50.0 Å². The summed E-state index contributed by atoms with van der Waals surface area (Å²) in [6.45, 7) is 7.89. The first kappa shape index (κ1) is 14.3. The Morgan fingerprint density at radius 2 is 1.59 bits per heavy atom. The van der Waals surface area contributed by atoms with E-state index in [4.69, 9.17) is 4.98 Å². The maximum absolute atomic E-state index is 4.80. The highest BCUT2D eigenvalue weighted by Crippen LogP contribution is 2.11. The van der Waals surface area contributed by atoms with E-state index >= 15 is 0 Å². The summed E-state index contributed by atoms with van der Waals surface area (Å²) in [4.78, 5) is 4.80. The van der Waals surface area contributed by atoms with Gasteiger partial charge >= 0.3 is 0 Å². The molecular formula is C15H28N2. The predicted molar refractivity (Wildman–Crippen MR) is 74.4 cm³/mol. The summed E-state index contributed by atoms with van der Waals surface area (Å²) >= 11 is 0. The lowest BCUT2D eigenvalue weighted by molar-refractivity contribution is 0.591. The normalized spacial score (nSPS) is 11.0. The molecule has 0 fully saturated rings. The molecule has 2 nitrogen and oxygen atoms in total. The van der Waals surface area contributed by atoms with Gasteiger partial charge in [-0.25, -0.2) is 4.98 Å². The molecule has 0 aliphatic carbocycles. The largest absolute Gasteiger partial charge is 0.335 e. The van der Waals surface area contributed by atoms with E-state index in [-0.39, 0.29) is 0 Å². The highest BCUT2D eigenvalue weighted by molar-refractivity contribution is 5.05. The number of aryl methyl sites for hydroxylation is 3. The lowest BCUT2D eigenvalue weighted by atomic mass is 10.2. The first-order chi connectivity index (χ1) is 8.31. The van der Waals surface area contributed by atoms with Crippen molar-refractivity contribution in [3.05, 3.63) is 17.7 Å².